The molecule has 0 saturated carbocycles. The summed E-state index contributed by atoms with van der Waals surface area (Å²) in [7, 11) is 0. The molecule has 1 saturated heterocycles. The normalized spacial score (nSPS) is 18.5. The minimum absolute atomic E-state index is 0.0352. The van der Waals surface area contributed by atoms with Gasteiger partial charge in [0.1, 0.15) is 12.1 Å². The van der Waals surface area contributed by atoms with Crippen molar-refractivity contribution >= 4 is 46.5 Å². The summed E-state index contributed by atoms with van der Waals surface area (Å²) in [5.41, 5.74) is 3.22. The molecule has 0 spiro atoms. The zero-order chi connectivity index (χ0) is 25.1. The number of carbonyl (C=O) groups excluding carboxylic acids is 3. The van der Waals surface area contributed by atoms with Gasteiger partial charge < -0.3 is 25.5 Å². The lowest BCUT2D eigenvalue weighted by atomic mass is 9.94. The van der Waals surface area contributed by atoms with Crippen molar-refractivity contribution in [1.82, 2.24) is 10.6 Å². The minimum Gasteiger partial charge on any atom is -0.465 e. The van der Waals surface area contributed by atoms with E-state index in [9.17, 15) is 24.3 Å². The highest BCUT2D eigenvalue weighted by molar-refractivity contribution is 7.07. The molecular formula is C25H30N4O5S. The van der Waals surface area contributed by atoms with E-state index >= 15 is 0 Å². The Kier molecular flexibility index (Phi) is 7.39. The average molecular weight is 499 g/mol. The fourth-order valence-electron chi connectivity index (χ4n) is 4.74. The van der Waals surface area contributed by atoms with Crippen LogP contribution < -0.4 is 20.4 Å². The molecule has 3 N–H and O–H groups in total. The molecule has 1 fully saturated rings. The van der Waals surface area contributed by atoms with Gasteiger partial charge in [0.15, 0.2) is 0 Å². The first kappa shape index (κ1) is 24.7. The minimum atomic E-state index is -1.29. The molecule has 2 aliphatic rings. The molecule has 1 aromatic heterocycles. The van der Waals surface area contributed by atoms with E-state index in [1.807, 2.05) is 48.9 Å². The predicted molar refractivity (Wildman–Crippen MR) is 134 cm³/mol. The fourth-order valence-corrected chi connectivity index (χ4v) is 5.40. The first-order valence-corrected chi connectivity index (χ1v) is 12.7. The SMILES string of the molecule is CC(C)C[C@@H](NC(=O)O)C(=O)NC1Cc2cccc(N3CCCC3=O)c2N(Cc2ccsc2)C1=O. The lowest BCUT2D eigenvalue weighted by molar-refractivity contribution is -0.129. The second-order valence-electron chi connectivity index (χ2n) is 9.39. The van der Waals surface area contributed by atoms with Crippen molar-refractivity contribution in [2.24, 2.45) is 5.92 Å². The summed E-state index contributed by atoms with van der Waals surface area (Å²) in [6, 6.07) is 5.78. The van der Waals surface area contributed by atoms with Gasteiger partial charge in [0.05, 0.1) is 17.9 Å². The van der Waals surface area contributed by atoms with E-state index in [-0.39, 0.29) is 24.2 Å². The van der Waals surface area contributed by atoms with E-state index in [0.29, 0.717) is 37.3 Å². The highest BCUT2D eigenvalue weighted by Crippen LogP contribution is 2.40. The summed E-state index contributed by atoms with van der Waals surface area (Å²) < 4.78 is 0. The fraction of sp³-hybridized carbons (Fsp3) is 0.440. The number of fused-ring (bicyclic) bond motifs is 1. The lowest BCUT2D eigenvalue weighted by Gasteiger charge is -2.37. The van der Waals surface area contributed by atoms with Crippen LogP contribution in [0.2, 0.25) is 0 Å². The topological polar surface area (TPSA) is 119 Å². The molecule has 3 heterocycles. The summed E-state index contributed by atoms with van der Waals surface area (Å²) in [6.07, 6.45) is 0.541. The molecule has 0 radical (unpaired) electrons. The van der Waals surface area contributed by atoms with Crippen LogP contribution in [-0.4, -0.2) is 47.5 Å². The number of hydrogen-bond donors (Lipinski definition) is 3. The van der Waals surface area contributed by atoms with Gasteiger partial charge >= 0.3 is 6.09 Å². The summed E-state index contributed by atoms with van der Waals surface area (Å²) in [5.74, 6) is -0.692. The summed E-state index contributed by atoms with van der Waals surface area (Å²) in [4.78, 5) is 53.9. The molecule has 186 valence electrons. The van der Waals surface area contributed by atoms with Crippen molar-refractivity contribution < 1.29 is 24.3 Å². The molecule has 2 aromatic rings. The Morgan fingerprint density at radius 3 is 2.66 bits per heavy atom. The van der Waals surface area contributed by atoms with Gasteiger partial charge in [-0.25, -0.2) is 4.79 Å². The number of rotatable bonds is 8. The Morgan fingerprint density at radius 2 is 2.03 bits per heavy atom. The van der Waals surface area contributed by atoms with E-state index in [2.05, 4.69) is 10.6 Å². The second kappa shape index (κ2) is 10.5. The second-order valence-corrected chi connectivity index (χ2v) is 10.2. The molecule has 1 aromatic carbocycles. The van der Waals surface area contributed by atoms with Crippen molar-refractivity contribution in [3.63, 3.8) is 0 Å². The van der Waals surface area contributed by atoms with Gasteiger partial charge in [-0.15, -0.1) is 0 Å². The summed E-state index contributed by atoms with van der Waals surface area (Å²) >= 11 is 1.53. The van der Waals surface area contributed by atoms with Crippen LogP contribution in [0.5, 0.6) is 0 Å². The molecule has 4 rings (SSSR count). The molecule has 2 aliphatic heterocycles. The zero-order valence-electron chi connectivity index (χ0n) is 19.8. The number of nitrogens with one attached hydrogen (secondary N) is 2. The van der Waals surface area contributed by atoms with Crippen LogP contribution in [-0.2, 0) is 27.3 Å². The van der Waals surface area contributed by atoms with E-state index < -0.39 is 24.1 Å². The quantitative estimate of drug-likeness (QED) is 0.517. The number of nitrogens with zero attached hydrogens (tertiary/aromatic N) is 2. The highest BCUT2D eigenvalue weighted by atomic mass is 32.1. The number of carboxylic acid groups (broad SMARTS) is 1. The molecular weight excluding hydrogens is 468 g/mol. The average Bonchev–Trinajstić information content (AvgIpc) is 3.46. The van der Waals surface area contributed by atoms with E-state index in [4.69, 9.17) is 0 Å². The number of carbonyl (C=O) groups is 4. The number of amides is 4. The first-order valence-electron chi connectivity index (χ1n) is 11.8. The Morgan fingerprint density at radius 1 is 1.23 bits per heavy atom. The third-order valence-corrected chi connectivity index (χ3v) is 7.01. The summed E-state index contributed by atoms with van der Waals surface area (Å²) in [5, 5.41) is 18.1. The van der Waals surface area contributed by atoms with Crippen LogP contribution in [0.3, 0.4) is 0 Å². The van der Waals surface area contributed by atoms with Gasteiger partial charge in [-0.05, 0) is 52.8 Å². The Labute approximate surface area is 208 Å². The van der Waals surface area contributed by atoms with Crippen molar-refractivity contribution in [1.29, 1.82) is 0 Å². The zero-order valence-corrected chi connectivity index (χ0v) is 20.6. The molecule has 0 aliphatic carbocycles. The van der Waals surface area contributed by atoms with Crippen LogP contribution in [0.25, 0.3) is 0 Å². The predicted octanol–water partition coefficient (Wildman–Crippen LogP) is 3.13. The van der Waals surface area contributed by atoms with E-state index in [0.717, 1.165) is 17.5 Å². The van der Waals surface area contributed by atoms with Crippen LogP contribution >= 0.6 is 11.3 Å². The third-order valence-electron chi connectivity index (χ3n) is 6.28. The third kappa shape index (κ3) is 5.48. The number of benzene rings is 1. The maximum absolute atomic E-state index is 13.7. The van der Waals surface area contributed by atoms with Crippen LogP contribution in [0, 0.1) is 5.92 Å². The van der Waals surface area contributed by atoms with Gasteiger partial charge in [-0.1, -0.05) is 26.0 Å². The van der Waals surface area contributed by atoms with Gasteiger partial charge in [0.25, 0.3) is 0 Å². The van der Waals surface area contributed by atoms with E-state index in [1.54, 1.807) is 9.80 Å². The van der Waals surface area contributed by atoms with Gasteiger partial charge in [-0.3, -0.25) is 14.4 Å². The van der Waals surface area contributed by atoms with Crippen LogP contribution in [0.15, 0.2) is 35.0 Å². The van der Waals surface area contributed by atoms with Crippen LogP contribution in [0.4, 0.5) is 16.2 Å². The van der Waals surface area contributed by atoms with Gasteiger partial charge in [0, 0.05) is 19.4 Å². The van der Waals surface area contributed by atoms with Crippen molar-refractivity contribution in [3.05, 3.63) is 46.2 Å². The first-order chi connectivity index (χ1) is 16.7. The lowest BCUT2D eigenvalue weighted by Crippen LogP contribution is -2.57. The maximum atomic E-state index is 13.7. The molecule has 1 unspecified atom stereocenters. The Hall–Kier alpha value is -3.40. The number of para-hydroxylation sites is 1. The van der Waals surface area contributed by atoms with Crippen molar-refractivity contribution in [2.75, 3.05) is 16.3 Å². The van der Waals surface area contributed by atoms with Gasteiger partial charge in [-0.2, -0.15) is 11.3 Å². The largest absolute Gasteiger partial charge is 0.465 e. The number of anilines is 2. The molecule has 35 heavy (non-hydrogen) atoms. The molecule has 2 atom stereocenters. The Balaban J connectivity index is 1.66. The number of thiophene rings is 1. The number of hydrogen-bond acceptors (Lipinski definition) is 5. The smallest absolute Gasteiger partial charge is 0.405 e. The Bertz CT molecular complexity index is 1120. The van der Waals surface area contributed by atoms with Gasteiger partial charge in [0.2, 0.25) is 17.7 Å². The van der Waals surface area contributed by atoms with E-state index in [1.165, 1.54) is 11.3 Å². The molecule has 4 amide bonds. The molecule has 9 nitrogen and oxygen atoms in total. The maximum Gasteiger partial charge on any atom is 0.405 e. The standard InChI is InChI=1S/C25H30N4O5S/c1-15(2)11-18(27-25(33)34)23(31)26-19-12-17-5-3-6-20(28-9-4-7-21(28)30)22(17)29(24(19)32)13-16-8-10-35-14-16/h3,5-6,8,10,14-15,18-19,27H,4,7,9,11-13H2,1-2H3,(H,26,31)(H,33,34)/t18-,19?/m1/s1. The molecule has 0 bridgehead atoms. The highest BCUT2D eigenvalue weighted by Gasteiger charge is 2.38. The van der Waals surface area contributed by atoms with Crippen molar-refractivity contribution in [2.45, 2.75) is 58.2 Å². The van der Waals surface area contributed by atoms with Crippen LogP contribution in [0.1, 0.15) is 44.2 Å². The monoisotopic (exact) mass is 498 g/mol. The van der Waals surface area contributed by atoms with Crippen molar-refractivity contribution in [3.8, 4) is 0 Å². The summed E-state index contributed by atoms with van der Waals surface area (Å²) in [6.45, 7) is 4.71. The molecule has 10 heteroatoms.